The molecular weight excluding hydrogens is 424 g/mol. The van der Waals surface area contributed by atoms with E-state index in [1.807, 2.05) is 24.3 Å². The molecule has 0 aliphatic heterocycles. The van der Waals surface area contributed by atoms with Crippen molar-refractivity contribution in [1.82, 2.24) is 0 Å². The van der Waals surface area contributed by atoms with Gasteiger partial charge in [0.2, 0.25) is 0 Å². The summed E-state index contributed by atoms with van der Waals surface area (Å²) in [6, 6.07) is 9.40. The van der Waals surface area contributed by atoms with Crippen molar-refractivity contribution in [2.24, 2.45) is 5.92 Å². The molecule has 2 aromatic carbocycles. The van der Waals surface area contributed by atoms with E-state index in [1.54, 1.807) is 6.92 Å². The molecule has 1 aliphatic rings. The number of rotatable bonds is 9. The third-order valence-corrected chi connectivity index (χ3v) is 5.84. The fourth-order valence-corrected chi connectivity index (χ4v) is 4.05. The molecule has 176 valence electrons. The number of hydrogen-bond donors (Lipinski definition) is 2. The monoisotopic (exact) mass is 454 g/mol. The van der Waals surface area contributed by atoms with Gasteiger partial charge in [0.15, 0.2) is 17.3 Å². The Morgan fingerprint density at radius 3 is 2.33 bits per heavy atom. The molecule has 2 N–H and O–H groups in total. The number of hydrogen-bond acceptors (Lipinski definition) is 7. The van der Waals surface area contributed by atoms with Gasteiger partial charge in [-0.1, -0.05) is 38.1 Å². The summed E-state index contributed by atoms with van der Waals surface area (Å²) in [4.78, 5) is 25.9. The molecule has 1 unspecified atom stereocenters. The predicted octanol–water partition coefficient (Wildman–Crippen LogP) is 4.47. The van der Waals surface area contributed by atoms with Crippen LogP contribution in [0.4, 0.5) is 0 Å². The van der Waals surface area contributed by atoms with E-state index < -0.39 is 23.2 Å². The highest BCUT2D eigenvalue weighted by Crippen LogP contribution is 2.43. The lowest BCUT2D eigenvalue weighted by Crippen LogP contribution is -2.24. The Labute approximate surface area is 193 Å². The van der Waals surface area contributed by atoms with Crippen LogP contribution in [-0.2, 0) is 33.9 Å². The van der Waals surface area contributed by atoms with Gasteiger partial charge >= 0.3 is 0 Å². The van der Waals surface area contributed by atoms with Gasteiger partial charge in [-0.25, -0.2) is 0 Å². The number of methoxy groups -OCH3 is 2. The first-order chi connectivity index (χ1) is 15.8. The van der Waals surface area contributed by atoms with Gasteiger partial charge in [-0.3, -0.25) is 9.59 Å². The molecular formula is C26H30O7. The van der Waals surface area contributed by atoms with Crippen LogP contribution in [0.2, 0.25) is 0 Å². The van der Waals surface area contributed by atoms with Crippen molar-refractivity contribution in [3.8, 4) is 17.2 Å². The number of carbonyl (C=O) groups is 2. The van der Waals surface area contributed by atoms with Crippen molar-refractivity contribution in [1.29, 1.82) is 0 Å². The summed E-state index contributed by atoms with van der Waals surface area (Å²) in [5.74, 6) is -1.62. The number of Topliss-reactive ketones (excluding diaryl/α,β-unsaturated/α-hetero) is 2. The van der Waals surface area contributed by atoms with Gasteiger partial charge in [0, 0.05) is 24.7 Å². The Kier molecular flexibility index (Phi) is 7.76. The lowest BCUT2D eigenvalue weighted by molar-refractivity contribution is -0.120. The number of aromatic hydroxyl groups is 2. The van der Waals surface area contributed by atoms with E-state index in [0.717, 1.165) is 12.0 Å². The van der Waals surface area contributed by atoms with Crippen LogP contribution in [0.25, 0.3) is 0 Å². The molecule has 0 fully saturated rings. The molecule has 0 aromatic heterocycles. The minimum absolute atomic E-state index is 0.00469. The van der Waals surface area contributed by atoms with Crippen molar-refractivity contribution < 1.29 is 34.0 Å². The average molecular weight is 455 g/mol. The third kappa shape index (κ3) is 5.20. The lowest BCUT2D eigenvalue weighted by atomic mass is 9.82. The average Bonchev–Trinajstić information content (AvgIpc) is 2.80. The number of carbonyl (C=O) groups excluding carboxylic acids is 2. The molecule has 0 saturated carbocycles. The van der Waals surface area contributed by atoms with Crippen molar-refractivity contribution in [3.63, 3.8) is 0 Å². The number of phenols is 2. The van der Waals surface area contributed by atoms with Gasteiger partial charge in [0.1, 0.15) is 29.5 Å². The third-order valence-electron chi connectivity index (χ3n) is 5.84. The van der Waals surface area contributed by atoms with Gasteiger partial charge in [-0.2, -0.15) is 0 Å². The second-order valence-electron chi connectivity index (χ2n) is 8.19. The number of aryl methyl sites for hydroxylation is 1. The Balaban J connectivity index is 2.01. The zero-order chi connectivity index (χ0) is 24.1. The molecule has 7 nitrogen and oxygen atoms in total. The summed E-state index contributed by atoms with van der Waals surface area (Å²) in [6.07, 6.45) is 1.11. The molecule has 3 rings (SSSR count). The Hall–Kier alpha value is -3.32. The van der Waals surface area contributed by atoms with Crippen LogP contribution in [0.1, 0.15) is 53.7 Å². The number of phenolic OH excluding ortho intramolecular Hbond substituents is 2. The summed E-state index contributed by atoms with van der Waals surface area (Å²) >= 11 is 0. The number of ketones is 2. The van der Waals surface area contributed by atoms with Gasteiger partial charge in [-0.15, -0.1) is 0 Å². The van der Waals surface area contributed by atoms with E-state index in [4.69, 9.17) is 14.2 Å². The first-order valence-corrected chi connectivity index (χ1v) is 10.9. The first-order valence-electron chi connectivity index (χ1n) is 10.9. The molecule has 1 aliphatic carbocycles. The molecule has 0 radical (unpaired) electrons. The van der Waals surface area contributed by atoms with Crippen LogP contribution < -0.4 is 4.74 Å². The molecule has 0 spiro atoms. The quantitative estimate of drug-likeness (QED) is 0.426. The van der Waals surface area contributed by atoms with E-state index in [2.05, 4.69) is 6.92 Å². The second kappa shape index (κ2) is 10.5. The highest BCUT2D eigenvalue weighted by atomic mass is 16.5. The van der Waals surface area contributed by atoms with Crippen molar-refractivity contribution >= 4 is 11.6 Å². The fraction of sp³-hybridized carbons (Fsp3) is 0.385. The Morgan fingerprint density at radius 2 is 1.73 bits per heavy atom. The number of ether oxygens (including phenoxy) is 3. The molecule has 0 amide bonds. The van der Waals surface area contributed by atoms with Gasteiger partial charge in [0.25, 0.3) is 0 Å². The zero-order valence-electron chi connectivity index (χ0n) is 19.4. The summed E-state index contributed by atoms with van der Waals surface area (Å²) in [5.41, 5.74) is 2.54. The highest BCUT2D eigenvalue weighted by molar-refractivity contribution is 6.14. The van der Waals surface area contributed by atoms with Crippen LogP contribution in [-0.4, -0.2) is 36.0 Å². The normalized spacial score (nSPS) is 16.1. The molecule has 0 bridgehead atoms. The molecule has 7 heteroatoms. The number of benzene rings is 2. The van der Waals surface area contributed by atoms with Crippen LogP contribution in [0.5, 0.6) is 17.2 Å². The van der Waals surface area contributed by atoms with E-state index >= 15 is 0 Å². The van der Waals surface area contributed by atoms with E-state index in [1.165, 1.54) is 25.8 Å². The maximum Gasteiger partial charge on any atom is 0.200 e. The predicted molar refractivity (Wildman–Crippen MR) is 122 cm³/mol. The van der Waals surface area contributed by atoms with E-state index in [-0.39, 0.29) is 54.5 Å². The minimum Gasteiger partial charge on any atom is -0.504 e. The Bertz CT molecular complexity index is 1070. The summed E-state index contributed by atoms with van der Waals surface area (Å²) in [7, 11) is 2.83. The SMILES string of the molecule is CCc1ccc(COC2=C(C(=O)c3c(OC)cc(COC)c(O)c3O)C(C)CC(=O)C2)cc1. The zero-order valence-corrected chi connectivity index (χ0v) is 19.4. The van der Waals surface area contributed by atoms with Crippen LogP contribution in [0.3, 0.4) is 0 Å². The molecule has 2 aromatic rings. The fourth-order valence-electron chi connectivity index (χ4n) is 4.05. The molecule has 0 heterocycles. The Morgan fingerprint density at radius 1 is 1.06 bits per heavy atom. The van der Waals surface area contributed by atoms with Crippen molar-refractivity contribution in [3.05, 3.63) is 63.9 Å². The number of allylic oxidation sites excluding steroid dienone is 2. The first kappa shape index (κ1) is 24.3. The van der Waals surface area contributed by atoms with Crippen LogP contribution in [0.15, 0.2) is 41.7 Å². The second-order valence-corrected chi connectivity index (χ2v) is 8.19. The summed E-state index contributed by atoms with van der Waals surface area (Å²) in [6.45, 7) is 4.08. The minimum atomic E-state index is -0.586. The van der Waals surface area contributed by atoms with E-state index in [9.17, 15) is 19.8 Å². The lowest BCUT2D eigenvalue weighted by Gasteiger charge is -2.25. The van der Waals surface area contributed by atoms with Crippen LogP contribution >= 0.6 is 0 Å². The maximum absolute atomic E-state index is 13.6. The van der Waals surface area contributed by atoms with Gasteiger partial charge in [0.05, 0.1) is 20.1 Å². The van der Waals surface area contributed by atoms with Crippen LogP contribution in [0, 0.1) is 5.92 Å². The summed E-state index contributed by atoms with van der Waals surface area (Å²) in [5, 5.41) is 21.1. The van der Waals surface area contributed by atoms with E-state index in [0.29, 0.717) is 5.57 Å². The van der Waals surface area contributed by atoms with Crippen molar-refractivity contribution in [2.75, 3.05) is 14.2 Å². The standard InChI is InChI=1S/C26H30O7/c1-5-16-6-8-17(9-7-16)13-33-21-12-19(27)10-15(2)22(21)25(29)23-20(32-4)11-18(14-31-3)24(28)26(23)30/h6-9,11,15,28,30H,5,10,12-14H2,1-4H3. The van der Waals surface area contributed by atoms with Crippen molar-refractivity contribution in [2.45, 2.75) is 46.3 Å². The largest absolute Gasteiger partial charge is 0.504 e. The van der Waals surface area contributed by atoms with Gasteiger partial charge in [-0.05, 0) is 29.5 Å². The highest BCUT2D eigenvalue weighted by Gasteiger charge is 2.35. The van der Waals surface area contributed by atoms with Gasteiger partial charge < -0.3 is 24.4 Å². The maximum atomic E-state index is 13.6. The summed E-state index contributed by atoms with van der Waals surface area (Å²) < 4.78 is 16.4. The molecule has 1 atom stereocenters. The smallest absolute Gasteiger partial charge is 0.200 e. The molecule has 33 heavy (non-hydrogen) atoms. The topological polar surface area (TPSA) is 102 Å². The molecule has 0 saturated heterocycles.